The normalized spacial score (nSPS) is 19.8. The molecule has 1 aromatic carbocycles. The van der Waals surface area contributed by atoms with E-state index in [9.17, 15) is 4.39 Å². The second-order valence-corrected chi connectivity index (χ2v) is 6.64. The molecule has 1 aliphatic carbocycles. The Hall–Kier alpha value is -0.770. The zero-order chi connectivity index (χ0) is 13.3. The van der Waals surface area contributed by atoms with Crippen molar-refractivity contribution in [2.45, 2.75) is 45.6 Å². The highest BCUT2D eigenvalue weighted by atomic mass is 79.9. The summed E-state index contributed by atoms with van der Waals surface area (Å²) in [7, 11) is 0. The molecule has 1 saturated carbocycles. The highest BCUT2D eigenvalue weighted by molar-refractivity contribution is 9.10. The average molecular weight is 316 g/mol. The van der Waals surface area contributed by atoms with Gasteiger partial charge in [0.05, 0.1) is 16.3 Å². The van der Waals surface area contributed by atoms with Crippen LogP contribution in [0.3, 0.4) is 0 Å². The summed E-state index contributed by atoms with van der Waals surface area (Å²) >= 11 is 3.11. The Kier molecular flexibility index (Phi) is 3.85. The maximum absolute atomic E-state index is 13.5. The molecule has 0 radical (unpaired) electrons. The molecule has 1 fully saturated rings. The summed E-state index contributed by atoms with van der Waals surface area (Å²) < 4.78 is 19.7. The molecule has 0 saturated heterocycles. The first-order chi connectivity index (χ1) is 8.37. The molecule has 18 heavy (non-hydrogen) atoms. The van der Waals surface area contributed by atoms with Gasteiger partial charge in [0.25, 0.3) is 0 Å². The van der Waals surface area contributed by atoms with E-state index >= 15 is 0 Å². The molecule has 0 amide bonds. The van der Waals surface area contributed by atoms with Crippen LogP contribution in [0, 0.1) is 11.2 Å². The van der Waals surface area contributed by atoms with E-state index in [1.807, 2.05) is 0 Å². The van der Waals surface area contributed by atoms with Gasteiger partial charge in [-0.15, -0.1) is 0 Å². The summed E-state index contributed by atoms with van der Waals surface area (Å²) in [5, 5.41) is 0. The summed E-state index contributed by atoms with van der Waals surface area (Å²) in [4.78, 5) is 0. The summed E-state index contributed by atoms with van der Waals surface area (Å²) in [6, 6.07) is 2.91. The molecule has 2 rings (SSSR count). The van der Waals surface area contributed by atoms with E-state index < -0.39 is 0 Å². The largest absolute Gasteiger partial charge is 0.488 e. The van der Waals surface area contributed by atoms with Crippen molar-refractivity contribution in [3.05, 3.63) is 22.4 Å². The molecule has 1 aromatic rings. The third-order valence-corrected chi connectivity index (χ3v) is 4.24. The first kappa shape index (κ1) is 13.7. The predicted molar refractivity (Wildman–Crippen MR) is 75.2 cm³/mol. The van der Waals surface area contributed by atoms with Crippen LogP contribution in [0.2, 0.25) is 0 Å². The number of benzene rings is 1. The highest BCUT2D eigenvalue weighted by Crippen LogP contribution is 2.38. The molecule has 0 atom stereocenters. The molecule has 0 unspecified atom stereocenters. The van der Waals surface area contributed by atoms with E-state index in [1.54, 1.807) is 6.07 Å². The van der Waals surface area contributed by atoms with Gasteiger partial charge in [-0.25, -0.2) is 4.39 Å². The molecule has 0 aromatic heterocycles. The Morgan fingerprint density at radius 3 is 2.56 bits per heavy atom. The smallest absolute Gasteiger partial charge is 0.145 e. The zero-order valence-corrected chi connectivity index (χ0v) is 12.4. The van der Waals surface area contributed by atoms with Crippen molar-refractivity contribution in [2.24, 2.45) is 5.41 Å². The van der Waals surface area contributed by atoms with Crippen molar-refractivity contribution in [3.63, 3.8) is 0 Å². The number of nitrogen functional groups attached to an aromatic ring is 1. The third-order valence-electron chi connectivity index (χ3n) is 3.63. The zero-order valence-electron chi connectivity index (χ0n) is 10.8. The predicted octanol–water partition coefficient (Wildman–Crippen LogP) is 4.52. The van der Waals surface area contributed by atoms with Crippen molar-refractivity contribution in [2.75, 3.05) is 5.73 Å². The Bertz CT molecular complexity index is 438. The van der Waals surface area contributed by atoms with Gasteiger partial charge in [-0.1, -0.05) is 13.8 Å². The van der Waals surface area contributed by atoms with Crippen molar-refractivity contribution in [1.82, 2.24) is 0 Å². The third kappa shape index (κ3) is 3.16. The number of halogens is 2. The van der Waals surface area contributed by atoms with Crippen molar-refractivity contribution in [1.29, 1.82) is 0 Å². The Morgan fingerprint density at radius 2 is 1.94 bits per heavy atom. The fraction of sp³-hybridized carbons (Fsp3) is 0.571. The lowest BCUT2D eigenvalue weighted by molar-refractivity contribution is 0.0991. The second kappa shape index (κ2) is 5.08. The Morgan fingerprint density at radius 1 is 1.33 bits per heavy atom. The van der Waals surface area contributed by atoms with Crippen LogP contribution in [0.25, 0.3) is 0 Å². The van der Waals surface area contributed by atoms with Crippen molar-refractivity contribution in [3.8, 4) is 5.75 Å². The van der Waals surface area contributed by atoms with Crippen LogP contribution in [0.1, 0.15) is 39.5 Å². The summed E-state index contributed by atoms with van der Waals surface area (Å²) in [5.41, 5.74) is 6.72. The summed E-state index contributed by atoms with van der Waals surface area (Å²) in [6.07, 6.45) is 4.43. The average Bonchev–Trinajstić information content (AvgIpc) is 2.28. The Labute approximate surface area is 116 Å². The van der Waals surface area contributed by atoms with Gasteiger partial charge in [-0.3, -0.25) is 0 Å². The van der Waals surface area contributed by atoms with E-state index in [0.717, 1.165) is 25.7 Å². The molecule has 4 heteroatoms. The molecule has 2 nitrogen and oxygen atoms in total. The minimum atomic E-state index is -0.338. The molecule has 0 bridgehead atoms. The molecule has 100 valence electrons. The molecular weight excluding hydrogens is 297 g/mol. The second-order valence-electron chi connectivity index (χ2n) is 5.79. The van der Waals surface area contributed by atoms with Crippen LogP contribution in [0.15, 0.2) is 16.6 Å². The van der Waals surface area contributed by atoms with E-state index in [0.29, 0.717) is 21.3 Å². The van der Waals surface area contributed by atoms with Crippen LogP contribution >= 0.6 is 15.9 Å². The van der Waals surface area contributed by atoms with E-state index in [2.05, 4.69) is 29.8 Å². The van der Waals surface area contributed by atoms with Gasteiger partial charge in [-0.05, 0) is 53.1 Å². The van der Waals surface area contributed by atoms with Crippen LogP contribution in [-0.4, -0.2) is 6.10 Å². The topological polar surface area (TPSA) is 35.2 Å². The molecule has 2 N–H and O–H groups in total. The number of rotatable bonds is 2. The quantitative estimate of drug-likeness (QED) is 0.814. The fourth-order valence-corrected chi connectivity index (χ4v) is 2.68. The first-order valence-electron chi connectivity index (χ1n) is 6.28. The van der Waals surface area contributed by atoms with Gasteiger partial charge < -0.3 is 10.5 Å². The van der Waals surface area contributed by atoms with Gasteiger partial charge in [0.15, 0.2) is 0 Å². The minimum Gasteiger partial charge on any atom is -0.488 e. The Balaban J connectivity index is 2.04. The number of ether oxygens (including phenoxy) is 1. The number of nitrogens with two attached hydrogens (primary N) is 1. The number of hydrogen-bond donors (Lipinski definition) is 1. The lowest BCUT2D eigenvalue weighted by Crippen LogP contribution is -2.28. The minimum absolute atomic E-state index is 0.154. The number of anilines is 1. The highest BCUT2D eigenvalue weighted by Gasteiger charge is 2.28. The van der Waals surface area contributed by atoms with Crippen LogP contribution in [0.5, 0.6) is 5.75 Å². The molecule has 0 heterocycles. The molecule has 0 aliphatic heterocycles. The maximum atomic E-state index is 13.5. The van der Waals surface area contributed by atoms with E-state index in [4.69, 9.17) is 10.5 Å². The first-order valence-corrected chi connectivity index (χ1v) is 7.08. The fourth-order valence-electron chi connectivity index (χ4n) is 2.32. The monoisotopic (exact) mass is 315 g/mol. The summed E-state index contributed by atoms with van der Waals surface area (Å²) in [6.45, 7) is 4.55. The van der Waals surface area contributed by atoms with Gasteiger partial charge in [0.1, 0.15) is 11.6 Å². The SMILES string of the molecule is CC1(C)CCC(Oc2cc(F)c(Br)cc2N)CC1. The number of hydrogen-bond acceptors (Lipinski definition) is 2. The van der Waals surface area contributed by atoms with Gasteiger partial charge >= 0.3 is 0 Å². The van der Waals surface area contributed by atoms with Crippen molar-refractivity contribution >= 4 is 21.6 Å². The van der Waals surface area contributed by atoms with E-state index in [-0.39, 0.29) is 11.9 Å². The molecule has 0 spiro atoms. The van der Waals surface area contributed by atoms with Crippen LogP contribution < -0.4 is 10.5 Å². The van der Waals surface area contributed by atoms with E-state index in [1.165, 1.54) is 6.07 Å². The maximum Gasteiger partial charge on any atom is 0.145 e. The van der Waals surface area contributed by atoms with Crippen LogP contribution in [-0.2, 0) is 0 Å². The van der Waals surface area contributed by atoms with Gasteiger partial charge in [0.2, 0.25) is 0 Å². The van der Waals surface area contributed by atoms with Crippen LogP contribution in [0.4, 0.5) is 10.1 Å². The molecular formula is C14H19BrFNO. The molecule has 1 aliphatic rings. The van der Waals surface area contributed by atoms with Gasteiger partial charge in [-0.2, -0.15) is 0 Å². The van der Waals surface area contributed by atoms with Crippen molar-refractivity contribution < 1.29 is 9.13 Å². The lowest BCUT2D eigenvalue weighted by Gasteiger charge is -2.34. The lowest BCUT2D eigenvalue weighted by atomic mass is 9.76. The van der Waals surface area contributed by atoms with Gasteiger partial charge in [0, 0.05) is 6.07 Å². The summed E-state index contributed by atoms with van der Waals surface area (Å²) in [5.74, 6) is 0.121. The standard InChI is InChI=1S/C14H19BrFNO/c1-14(2)5-3-9(4-6-14)18-13-8-11(16)10(15)7-12(13)17/h7-9H,3-6,17H2,1-2H3.